The van der Waals surface area contributed by atoms with E-state index in [0.717, 1.165) is 38.7 Å². The van der Waals surface area contributed by atoms with Gasteiger partial charge in [-0.3, -0.25) is 0 Å². The third kappa shape index (κ3) is 6.51. The number of halogens is 1. The number of guanidine groups is 1. The maximum atomic E-state index is 5.28. The number of aliphatic imine (C=N–C) groups is 1. The third-order valence-corrected chi connectivity index (χ3v) is 4.64. The van der Waals surface area contributed by atoms with Crippen molar-refractivity contribution in [2.24, 2.45) is 10.9 Å². The summed E-state index contributed by atoms with van der Waals surface area (Å²) in [6.07, 6.45) is 3.28. The smallest absolute Gasteiger partial charge is 0.194 e. The fourth-order valence-corrected chi connectivity index (χ4v) is 3.13. The van der Waals surface area contributed by atoms with E-state index in [1.165, 1.54) is 16.9 Å². The van der Waals surface area contributed by atoms with E-state index >= 15 is 0 Å². The molecule has 23 heavy (non-hydrogen) atoms. The summed E-state index contributed by atoms with van der Waals surface area (Å²) in [6, 6.07) is 8.65. The summed E-state index contributed by atoms with van der Waals surface area (Å²) in [6.45, 7) is 6.67. The molecule has 1 fully saturated rings. The van der Waals surface area contributed by atoms with Gasteiger partial charge < -0.3 is 15.0 Å². The van der Waals surface area contributed by atoms with Crippen molar-refractivity contribution >= 4 is 41.7 Å². The number of benzene rings is 1. The third-order valence-electron chi connectivity index (χ3n) is 3.89. The van der Waals surface area contributed by atoms with Crippen LogP contribution in [0.2, 0.25) is 0 Å². The van der Waals surface area contributed by atoms with Crippen LogP contribution in [0.3, 0.4) is 0 Å². The maximum absolute atomic E-state index is 5.28. The second-order valence-corrected chi connectivity index (χ2v) is 6.45. The van der Waals surface area contributed by atoms with Gasteiger partial charge in [0, 0.05) is 37.6 Å². The number of likely N-dealkylation sites (tertiary alicyclic amines) is 1. The lowest BCUT2D eigenvalue weighted by Crippen LogP contribution is -2.40. The summed E-state index contributed by atoms with van der Waals surface area (Å²) in [7, 11) is 1.78. The molecule has 0 bridgehead atoms. The monoisotopic (exact) mass is 449 g/mol. The second-order valence-electron chi connectivity index (χ2n) is 5.57. The van der Waals surface area contributed by atoms with Gasteiger partial charge in [0.05, 0.1) is 13.2 Å². The van der Waals surface area contributed by atoms with Crippen molar-refractivity contribution in [1.82, 2.24) is 10.2 Å². The molecule has 0 aromatic heterocycles. The minimum absolute atomic E-state index is 0. The minimum Gasteiger partial charge on any atom is -0.384 e. The van der Waals surface area contributed by atoms with Crippen molar-refractivity contribution in [2.45, 2.75) is 24.8 Å². The van der Waals surface area contributed by atoms with E-state index < -0.39 is 0 Å². The number of nitrogens with zero attached hydrogens (tertiary/aromatic N) is 2. The summed E-state index contributed by atoms with van der Waals surface area (Å²) in [5.41, 5.74) is 1.25. The molecular formula is C17H28IN3OS. The molecule has 1 heterocycles. The first-order chi connectivity index (χ1) is 10.8. The first-order valence-electron chi connectivity index (χ1n) is 7.92. The van der Waals surface area contributed by atoms with Gasteiger partial charge >= 0.3 is 0 Å². The summed E-state index contributed by atoms with van der Waals surface area (Å²) < 4.78 is 5.28. The van der Waals surface area contributed by atoms with Crippen molar-refractivity contribution in [3.05, 3.63) is 29.8 Å². The van der Waals surface area contributed by atoms with Crippen LogP contribution in [-0.4, -0.2) is 50.5 Å². The van der Waals surface area contributed by atoms with Crippen molar-refractivity contribution in [3.8, 4) is 0 Å². The summed E-state index contributed by atoms with van der Waals surface area (Å²) in [4.78, 5) is 8.44. The summed E-state index contributed by atoms with van der Waals surface area (Å²) in [5.74, 6) is 1.64. The van der Waals surface area contributed by atoms with Crippen LogP contribution in [0.25, 0.3) is 0 Å². The van der Waals surface area contributed by atoms with E-state index in [9.17, 15) is 0 Å². The lowest BCUT2D eigenvalue weighted by atomic mass is 10.1. The van der Waals surface area contributed by atoms with Gasteiger partial charge in [-0.15, -0.1) is 35.7 Å². The molecule has 1 aromatic rings. The molecule has 1 unspecified atom stereocenters. The summed E-state index contributed by atoms with van der Waals surface area (Å²) >= 11 is 1.77. The zero-order valence-electron chi connectivity index (χ0n) is 14.2. The van der Waals surface area contributed by atoms with Crippen LogP contribution < -0.4 is 5.32 Å². The average molecular weight is 449 g/mol. The highest BCUT2D eigenvalue weighted by atomic mass is 127. The average Bonchev–Trinajstić information content (AvgIpc) is 3.01. The number of ether oxygens (including phenoxy) is 1. The topological polar surface area (TPSA) is 36.9 Å². The molecule has 0 saturated carbocycles. The van der Waals surface area contributed by atoms with Gasteiger partial charge in [-0.1, -0.05) is 12.1 Å². The van der Waals surface area contributed by atoms with Gasteiger partial charge in [0.15, 0.2) is 5.96 Å². The van der Waals surface area contributed by atoms with Crippen molar-refractivity contribution in [2.75, 3.05) is 39.6 Å². The van der Waals surface area contributed by atoms with Gasteiger partial charge in [0.2, 0.25) is 0 Å². The van der Waals surface area contributed by atoms with E-state index in [4.69, 9.17) is 9.73 Å². The minimum atomic E-state index is 0. The number of rotatable bonds is 6. The van der Waals surface area contributed by atoms with Crippen LogP contribution in [0.15, 0.2) is 34.2 Å². The van der Waals surface area contributed by atoms with Gasteiger partial charge in [0.1, 0.15) is 0 Å². The molecule has 1 N–H and O–H groups in total. The highest BCUT2D eigenvalue weighted by molar-refractivity contribution is 14.0. The van der Waals surface area contributed by atoms with Crippen molar-refractivity contribution in [1.29, 1.82) is 0 Å². The molecule has 0 radical (unpaired) electrons. The zero-order chi connectivity index (χ0) is 15.8. The largest absolute Gasteiger partial charge is 0.384 e. The predicted octanol–water partition coefficient (Wildman–Crippen LogP) is 3.46. The van der Waals surface area contributed by atoms with Gasteiger partial charge in [-0.25, -0.2) is 4.99 Å². The summed E-state index contributed by atoms with van der Waals surface area (Å²) in [5, 5.41) is 3.41. The maximum Gasteiger partial charge on any atom is 0.194 e. The number of hydrogen-bond acceptors (Lipinski definition) is 3. The number of thioether (sulfide) groups is 1. The van der Waals surface area contributed by atoms with Gasteiger partial charge in [-0.05, 0) is 37.3 Å². The highest BCUT2D eigenvalue weighted by Crippen LogP contribution is 2.18. The lowest BCUT2D eigenvalue weighted by Gasteiger charge is -2.21. The van der Waals surface area contributed by atoms with Crippen LogP contribution in [-0.2, 0) is 11.3 Å². The van der Waals surface area contributed by atoms with Crippen LogP contribution >= 0.6 is 35.7 Å². The standard InChI is InChI=1S/C17H27N3OS.HI/c1-4-18-17(20-10-9-15(12-20)13-21-2)19-11-14-5-7-16(22-3)8-6-14;/h5-8,15H,4,9-13H2,1-3H3,(H,18,19);1H. The van der Waals surface area contributed by atoms with Gasteiger partial charge in [-0.2, -0.15) is 0 Å². The second kappa shape index (κ2) is 11.1. The fourth-order valence-electron chi connectivity index (χ4n) is 2.72. The Bertz CT molecular complexity index is 481. The molecule has 0 amide bonds. The molecule has 1 saturated heterocycles. The Balaban J connectivity index is 0.00000264. The number of hydrogen-bond donors (Lipinski definition) is 1. The first-order valence-corrected chi connectivity index (χ1v) is 9.14. The fraction of sp³-hybridized carbons (Fsp3) is 0.588. The first kappa shape index (κ1) is 20.6. The van der Waals surface area contributed by atoms with Crippen LogP contribution in [0.4, 0.5) is 0 Å². The Kier molecular flexibility index (Phi) is 9.97. The number of methoxy groups -OCH3 is 1. The van der Waals surface area contributed by atoms with Gasteiger partial charge in [0.25, 0.3) is 0 Å². The molecule has 130 valence electrons. The molecule has 1 aliphatic heterocycles. The Hall–Kier alpha value is -0.470. The van der Waals surface area contributed by atoms with E-state index in [0.29, 0.717) is 5.92 Å². The van der Waals surface area contributed by atoms with E-state index in [-0.39, 0.29) is 24.0 Å². The Labute approximate surface area is 161 Å². The lowest BCUT2D eigenvalue weighted by molar-refractivity contribution is 0.157. The molecule has 1 aromatic carbocycles. The van der Waals surface area contributed by atoms with E-state index in [1.54, 1.807) is 18.9 Å². The molecule has 6 heteroatoms. The molecule has 2 rings (SSSR count). The van der Waals surface area contributed by atoms with Crippen LogP contribution in [0.5, 0.6) is 0 Å². The number of nitrogens with one attached hydrogen (secondary N) is 1. The normalized spacial score (nSPS) is 18.0. The zero-order valence-corrected chi connectivity index (χ0v) is 17.4. The van der Waals surface area contributed by atoms with Crippen LogP contribution in [0.1, 0.15) is 18.9 Å². The molecule has 0 aliphatic carbocycles. The highest BCUT2D eigenvalue weighted by Gasteiger charge is 2.24. The molecule has 1 aliphatic rings. The Morgan fingerprint density at radius 1 is 1.39 bits per heavy atom. The van der Waals surface area contributed by atoms with E-state index in [1.807, 2.05) is 0 Å². The predicted molar refractivity (Wildman–Crippen MR) is 110 cm³/mol. The molecule has 0 spiro atoms. The Morgan fingerprint density at radius 2 is 2.13 bits per heavy atom. The Morgan fingerprint density at radius 3 is 2.74 bits per heavy atom. The quantitative estimate of drug-likeness (QED) is 0.313. The van der Waals surface area contributed by atoms with E-state index in [2.05, 4.69) is 47.7 Å². The van der Waals surface area contributed by atoms with Crippen molar-refractivity contribution in [3.63, 3.8) is 0 Å². The van der Waals surface area contributed by atoms with Crippen LogP contribution in [0, 0.1) is 5.92 Å². The molecule has 1 atom stereocenters. The molecule has 4 nitrogen and oxygen atoms in total. The molecular weight excluding hydrogens is 421 g/mol. The SMILES string of the molecule is CCNC(=NCc1ccc(SC)cc1)N1CCC(COC)C1.I. The van der Waals surface area contributed by atoms with Crippen molar-refractivity contribution < 1.29 is 4.74 Å².